The lowest BCUT2D eigenvalue weighted by Gasteiger charge is -2.31. The number of aromatic nitrogens is 1. The lowest BCUT2D eigenvalue weighted by Crippen LogP contribution is -2.42. The zero-order valence-electron chi connectivity index (χ0n) is 19.2. The summed E-state index contributed by atoms with van der Waals surface area (Å²) in [6.45, 7) is 2.32. The Morgan fingerprint density at radius 3 is 2.65 bits per heavy atom. The third kappa shape index (κ3) is 5.20. The summed E-state index contributed by atoms with van der Waals surface area (Å²) in [6.07, 6.45) is 5.99. The number of amides is 2. The first-order chi connectivity index (χ1) is 16.3. The summed E-state index contributed by atoms with van der Waals surface area (Å²) in [4.78, 5) is 29.8. The number of carbonyl (C=O) groups excluding carboxylic acids is 1. The van der Waals surface area contributed by atoms with Crippen molar-refractivity contribution in [3.63, 3.8) is 0 Å². The van der Waals surface area contributed by atoms with Crippen LogP contribution in [-0.4, -0.2) is 52.3 Å². The maximum absolute atomic E-state index is 14.8. The summed E-state index contributed by atoms with van der Waals surface area (Å²) < 4.78 is 20.3. The standard InChI is InChI=1S/C25H31FN4O4/c1-2-34-19-14-22(30(15-19)24(32)33)23(31)29-21-13-18(5-6-20(21)26)25(27,10-7-16-3-4-16)17-8-11-28-12-9-17/h5-6,8-9,11-13,16,19,22H,2-4,7,10,14-15,27H2,1H3,(H,29,31)(H,32,33)/t19-,22-,25?/m1/s1. The average Bonchev–Trinajstić information content (AvgIpc) is 3.56. The number of nitrogens with two attached hydrogens (primary N) is 1. The predicted octanol–water partition coefficient (Wildman–Crippen LogP) is 3.71. The Bertz CT molecular complexity index is 1030. The third-order valence-corrected chi connectivity index (χ3v) is 6.79. The van der Waals surface area contributed by atoms with Crippen molar-refractivity contribution in [2.45, 2.75) is 56.7 Å². The first-order valence-corrected chi connectivity index (χ1v) is 11.7. The monoisotopic (exact) mass is 470 g/mol. The van der Waals surface area contributed by atoms with Gasteiger partial charge in [0, 0.05) is 25.4 Å². The molecular weight excluding hydrogens is 439 g/mol. The molecule has 182 valence electrons. The van der Waals surface area contributed by atoms with Crippen molar-refractivity contribution in [2.24, 2.45) is 11.7 Å². The molecule has 2 heterocycles. The van der Waals surface area contributed by atoms with Gasteiger partial charge in [-0.3, -0.25) is 14.7 Å². The smallest absolute Gasteiger partial charge is 0.408 e. The summed E-state index contributed by atoms with van der Waals surface area (Å²) in [5.74, 6) is -0.546. The molecule has 8 nitrogen and oxygen atoms in total. The predicted molar refractivity (Wildman–Crippen MR) is 125 cm³/mol. The van der Waals surface area contributed by atoms with Crippen LogP contribution in [0.15, 0.2) is 42.7 Å². The molecule has 3 atom stereocenters. The van der Waals surface area contributed by atoms with E-state index in [0.29, 0.717) is 24.5 Å². The van der Waals surface area contributed by atoms with Crippen molar-refractivity contribution >= 4 is 17.7 Å². The normalized spacial score (nSPS) is 21.8. The van der Waals surface area contributed by atoms with Crippen LogP contribution in [0.3, 0.4) is 0 Å². The molecule has 34 heavy (non-hydrogen) atoms. The van der Waals surface area contributed by atoms with Gasteiger partial charge in [-0.05, 0) is 61.1 Å². The third-order valence-electron chi connectivity index (χ3n) is 6.79. The molecular formula is C25H31FN4O4. The Morgan fingerprint density at radius 2 is 2.00 bits per heavy atom. The molecule has 0 radical (unpaired) electrons. The molecule has 1 saturated carbocycles. The largest absolute Gasteiger partial charge is 0.465 e. The van der Waals surface area contributed by atoms with Gasteiger partial charge in [-0.15, -0.1) is 0 Å². The molecule has 0 bridgehead atoms. The molecule has 1 aliphatic carbocycles. The lowest BCUT2D eigenvalue weighted by molar-refractivity contribution is -0.120. The second kappa shape index (κ2) is 10.1. The van der Waals surface area contributed by atoms with E-state index in [2.05, 4.69) is 10.3 Å². The fourth-order valence-corrected chi connectivity index (χ4v) is 4.67. The Balaban J connectivity index is 1.59. The van der Waals surface area contributed by atoms with E-state index in [1.54, 1.807) is 24.5 Å². The molecule has 1 aromatic heterocycles. The molecule has 2 aliphatic rings. The van der Waals surface area contributed by atoms with Gasteiger partial charge in [0.1, 0.15) is 11.9 Å². The van der Waals surface area contributed by atoms with Crippen molar-refractivity contribution in [3.05, 3.63) is 59.7 Å². The van der Waals surface area contributed by atoms with E-state index < -0.39 is 29.4 Å². The van der Waals surface area contributed by atoms with Crippen LogP contribution in [0.2, 0.25) is 0 Å². The van der Waals surface area contributed by atoms with Gasteiger partial charge in [0.15, 0.2) is 0 Å². The SMILES string of the molecule is CCO[C@@H]1C[C@H](C(=O)Nc2cc(C(N)(CCC3CC3)c3ccncc3)ccc2F)N(C(=O)O)C1. The fourth-order valence-electron chi connectivity index (χ4n) is 4.67. The van der Waals surface area contributed by atoms with Crippen LogP contribution in [0, 0.1) is 11.7 Å². The van der Waals surface area contributed by atoms with E-state index in [1.165, 1.54) is 18.9 Å². The number of benzene rings is 1. The average molecular weight is 471 g/mol. The minimum atomic E-state index is -1.21. The summed E-state index contributed by atoms with van der Waals surface area (Å²) in [7, 11) is 0. The molecule has 1 aliphatic heterocycles. The highest BCUT2D eigenvalue weighted by molar-refractivity contribution is 5.97. The van der Waals surface area contributed by atoms with E-state index in [9.17, 15) is 19.1 Å². The van der Waals surface area contributed by atoms with Gasteiger partial charge in [0.2, 0.25) is 5.91 Å². The van der Waals surface area contributed by atoms with Gasteiger partial charge >= 0.3 is 6.09 Å². The number of carboxylic acid groups (broad SMARTS) is 1. The number of rotatable bonds is 9. The highest BCUT2D eigenvalue weighted by atomic mass is 19.1. The number of carbonyl (C=O) groups is 2. The zero-order valence-corrected chi connectivity index (χ0v) is 19.2. The van der Waals surface area contributed by atoms with Crippen LogP contribution in [0.25, 0.3) is 0 Å². The number of hydrogen-bond donors (Lipinski definition) is 3. The first-order valence-electron chi connectivity index (χ1n) is 11.7. The second-order valence-electron chi connectivity index (χ2n) is 9.14. The van der Waals surface area contributed by atoms with Crippen LogP contribution in [-0.2, 0) is 15.1 Å². The molecule has 0 spiro atoms. The van der Waals surface area contributed by atoms with Crippen LogP contribution in [0.1, 0.15) is 50.2 Å². The van der Waals surface area contributed by atoms with Crippen LogP contribution in [0.5, 0.6) is 0 Å². The van der Waals surface area contributed by atoms with Crippen LogP contribution in [0.4, 0.5) is 14.9 Å². The first kappa shape index (κ1) is 24.1. The van der Waals surface area contributed by atoms with Gasteiger partial charge in [-0.1, -0.05) is 18.9 Å². The molecule has 1 unspecified atom stereocenters. The van der Waals surface area contributed by atoms with E-state index >= 15 is 0 Å². The van der Waals surface area contributed by atoms with Gasteiger partial charge in [0.05, 0.1) is 23.9 Å². The number of nitrogens with one attached hydrogen (secondary N) is 1. The van der Waals surface area contributed by atoms with E-state index in [0.717, 1.165) is 16.9 Å². The minimum absolute atomic E-state index is 0.0250. The quantitative estimate of drug-likeness (QED) is 0.514. The molecule has 4 N–H and O–H groups in total. The lowest BCUT2D eigenvalue weighted by atomic mass is 9.79. The van der Waals surface area contributed by atoms with Gasteiger partial charge in [-0.2, -0.15) is 0 Å². The highest BCUT2D eigenvalue weighted by Crippen LogP contribution is 2.40. The topological polar surface area (TPSA) is 118 Å². The number of likely N-dealkylation sites (tertiary alicyclic amines) is 1. The zero-order chi connectivity index (χ0) is 24.3. The van der Waals surface area contributed by atoms with Crippen LogP contribution >= 0.6 is 0 Å². The Hall–Kier alpha value is -3.04. The second-order valence-corrected chi connectivity index (χ2v) is 9.14. The number of pyridine rings is 1. The van der Waals surface area contributed by atoms with E-state index in [4.69, 9.17) is 10.5 Å². The molecule has 2 aromatic rings. The molecule has 2 amide bonds. The minimum Gasteiger partial charge on any atom is -0.465 e. The summed E-state index contributed by atoms with van der Waals surface area (Å²) in [5, 5.41) is 12.1. The molecule has 1 aromatic carbocycles. The van der Waals surface area contributed by atoms with Crippen molar-refractivity contribution in [1.82, 2.24) is 9.88 Å². The number of ether oxygens (including phenoxy) is 1. The number of halogens is 1. The van der Waals surface area contributed by atoms with Crippen LogP contribution < -0.4 is 11.1 Å². The fraction of sp³-hybridized carbons (Fsp3) is 0.480. The summed E-state index contributed by atoms with van der Waals surface area (Å²) in [6, 6.07) is 7.23. The number of nitrogens with zero attached hydrogens (tertiary/aromatic N) is 2. The van der Waals surface area contributed by atoms with Crippen molar-refractivity contribution in [2.75, 3.05) is 18.5 Å². The molecule has 2 fully saturated rings. The number of hydrogen-bond acceptors (Lipinski definition) is 5. The van der Waals surface area contributed by atoms with Crippen molar-refractivity contribution < 1.29 is 23.8 Å². The Kier molecular flexibility index (Phi) is 7.13. The molecule has 1 saturated heterocycles. The van der Waals surface area contributed by atoms with E-state index in [-0.39, 0.29) is 24.8 Å². The Labute approximate surface area is 198 Å². The van der Waals surface area contributed by atoms with Gasteiger partial charge < -0.3 is 20.9 Å². The van der Waals surface area contributed by atoms with Crippen molar-refractivity contribution in [3.8, 4) is 0 Å². The van der Waals surface area contributed by atoms with Gasteiger partial charge in [-0.25, -0.2) is 9.18 Å². The summed E-state index contributed by atoms with van der Waals surface area (Å²) in [5.41, 5.74) is 7.57. The maximum atomic E-state index is 14.8. The maximum Gasteiger partial charge on any atom is 0.408 e. The molecule has 9 heteroatoms. The van der Waals surface area contributed by atoms with Gasteiger partial charge in [0.25, 0.3) is 0 Å². The van der Waals surface area contributed by atoms with Crippen molar-refractivity contribution in [1.29, 1.82) is 0 Å². The molecule has 4 rings (SSSR count). The highest BCUT2D eigenvalue weighted by Gasteiger charge is 2.40. The summed E-state index contributed by atoms with van der Waals surface area (Å²) >= 11 is 0. The number of anilines is 1. The Morgan fingerprint density at radius 1 is 1.26 bits per heavy atom. The van der Waals surface area contributed by atoms with E-state index in [1.807, 2.05) is 19.1 Å².